The van der Waals surface area contributed by atoms with Gasteiger partial charge in [0.2, 0.25) is 0 Å². The Labute approximate surface area is 107 Å². The monoisotopic (exact) mass is 243 g/mol. The van der Waals surface area contributed by atoms with Crippen molar-refractivity contribution < 1.29 is 4.74 Å². The zero-order chi connectivity index (χ0) is 13.1. The standard InChI is InChI=1S/C14H17N3O/c1-4-17-13-6-5-11(8-15)7-12(13)16-14(17)9-18-10(2)3/h5-7,10H,4,9H2,1-3H3. The number of rotatable bonds is 4. The van der Waals surface area contributed by atoms with Gasteiger partial charge >= 0.3 is 0 Å². The number of hydrogen-bond donors (Lipinski definition) is 0. The zero-order valence-corrected chi connectivity index (χ0v) is 11.0. The zero-order valence-electron chi connectivity index (χ0n) is 11.0. The summed E-state index contributed by atoms with van der Waals surface area (Å²) in [6, 6.07) is 7.73. The van der Waals surface area contributed by atoms with Crippen LogP contribution in [0.4, 0.5) is 0 Å². The van der Waals surface area contributed by atoms with E-state index < -0.39 is 0 Å². The normalized spacial score (nSPS) is 11.1. The maximum atomic E-state index is 8.90. The molecule has 1 aromatic carbocycles. The first kappa shape index (κ1) is 12.6. The molecule has 0 atom stereocenters. The third-order valence-electron chi connectivity index (χ3n) is 2.82. The van der Waals surface area contributed by atoms with Gasteiger partial charge in [0.05, 0.1) is 28.8 Å². The number of ether oxygens (including phenoxy) is 1. The first-order valence-corrected chi connectivity index (χ1v) is 6.16. The summed E-state index contributed by atoms with van der Waals surface area (Å²) in [7, 11) is 0. The quantitative estimate of drug-likeness (QED) is 0.829. The molecule has 0 saturated heterocycles. The van der Waals surface area contributed by atoms with Crippen LogP contribution in [0.2, 0.25) is 0 Å². The average molecular weight is 243 g/mol. The lowest BCUT2D eigenvalue weighted by molar-refractivity contribution is 0.0598. The summed E-state index contributed by atoms with van der Waals surface area (Å²) in [5.41, 5.74) is 2.55. The Morgan fingerprint density at radius 3 is 2.83 bits per heavy atom. The van der Waals surface area contributed by atoms with Crippen molar-refractivity contribution in [3.63, 3.8) is 0 Å². The molecule has 0 aliphatic heterocycles. The second kappa shape index (κ2) is 5.19. The van der Waals surface area contributed by atoms with Crippen LogP contribution in [0.5, 0.6) is 0 Å². The maximum Gasteiger partial charge on any atom is 0.135 e. The van der Waals surface area contributed by atoms with Crippen LogP contribution in [-0.4, -0.2) is 15.7 Å². The molecule has 0 N–H and O–H groups in total. The summed E-state index contributed by atoms with van der Waals surface area (Å²) in [5.74, 6) is 0.913. The molecule has 0 spiro atoms. The van der Waals surface area contributed by atoms with Crippen molar-refractivity contribution in [2.24, 2.45) is 0 Å². The third kappa shape index (κ3) is 2.36. The highest BCUT2D eigenvalue weighted by atomic mass is 16.5. The number of fused-ring (bicyclic) bond motifs is 1. The van der Waals surface area contributed by atoms with Gasteiger partial charge in [-0.15, -0.1) is 0 Å². The van der Waals surface area contributed by atoms with E-state index in [2.05, 4.69) is 22.5 Å². The van der Waals surface area contributed by atoms with E-state index >= 15 is 0 Å². The minimum Gasteiger partial charge on any atom is -0.371 e. The van der Waals surface area contributed by atoms with Crippen LogP contribution < -0.4 is 0 Å². The van der Waals surface area contributed by atoms with Gasteiger partial charge in [-0.2, -0.15) is 5.26 Å². The van der Waals surface area contributed by atoms with Gasteiger partial charge in [-0.1, -0.05) is 0 Å². The minimum absolute atomic E-state index is 0.185. The minimum atomic E-state index is 0.185. The van der Waals surface area contributed by atoms with Crippen molar-refractivity contribution in [1.82, 2.24) is 9.55 Å². The Morgan fingerprint density at radius 1 is 1.44 bits per heavy atom. The van der Waals surface area contributed by atoms with Crippen molar-refractivity contribution in [2.45, 2.75) is 40.0 Å². The van der Waals surface area contributed by atoms with E-state index in [1.807, 2.05) is 32.0 Å². The van der Waals surface area contributed by atoms with Gasteiger partial charge < -0.3 is 9.30 Å². The largest absolute Gasteiger partial charge is 0.371 e. The predicted molar refractivity (Wildman–Crippen MR) is 70.0 cm³/mol. The van der Waals surface area contributed by atoms with Gasteiger partial charge in [-0.05, 0) is 39.0 Å². The van der Waals surface area contributed by atoms with Gasteiger partial charge in [0.25, 0.3) is 0 Å². The fraction of sp³-hybridized carbons (Fsp3) is 0.429. The smallest absolute Gasteiger partial charge is 0.135 e. The molecular weight excluding hydrogens is 226 g/mol. The van der Waals surface area contributed by atoms with E-state index in [1.54, 1.807) is 0 Å². The van der Waals surface area contributed by atoms with Gasteiger partial charge in [0.15, 0.2) is 0 Å². The number of hydrogen-bond acceptors (Lipinski definition) is 3. The van der Waals surface area contributed by atoms with Gasteiger partial charge in [0, 0.05) is 6.54 Å². The van der Waals surface area contributed by atoms with Crippen molar-refractivity contribution >= 4 is 11.0 Å². The summed E-state index contributed by atoms with van der Waals surface area (Å²) >= 11 is 0. The molecular formula is C14H17N3O. The SMILES string of the molecule is CCn1c(COC(C)C)nc2cc(C#N)ccc21. The van der Waals surface area contributed by atoms with Gasteiger partial charge in [-0.25, -0.2) is 4.98 Å². The molecule has 4 heteroatoms. The van der Waals surface area contributed by atoms with Crippen molar-refractivity contribution in [2.75, 3.05) is 0 Å². The molecule has 0 unspecified atom stereocenters. The molecule has 1 heterocycles. The molecule has 0 aliphatic rings. The molecule has 0 amide bonds. The Kier molecular flexibility index (Phi) is 3.63. The number of nitriles is 1. The van der Waals surface area contributed by atoms with E-state index in [0.717, 1.165) is 23.4 Å². The van der Waals surface area contributed by atoms with Crippen LogP contribution in [0.15, 0.2) is 18.2 Å². The van der Waals surface area contributed by atoms with Crippen LogP contribution in [-0.2, 0) is 17.9 Å². The molecule has 0 aliphatic carbocycles. The Balaban J connectivity index is 2.44. The summed E-state index contributed by atoms with van der Waals surface area (Å²) < 4.78 is 7.73. The summed E-state index contributed by atoms with van der Waals surface area (Å²) in [6.07, 6.45) is 0.185. The lowest BCUT2D eigenvalue weighted by atomic mass is 10.2. The van der Waals surface area contributed by atoms with E-state index in [9.17, 15) is 0 Å². The number of benzene rings is 1. The maximum absolute atomic E-state index is 8.90. The van der Waals surface area contributed by atoms with Gasteiger partial charge in [0.1, 0.15) is 12.4 Å². The molecule has 0 bridgehead atoms. The van der Waals surface area contributed by atoms with Crippen molar-refractivity contribution in [3.8, 4) is 6.07 Å². The molecule has 4 nitrogen and oxygen atoms in total. The fourth-order valence-electron chi connectivity index (χ4n) is 1.95. The highest BCUT2D eigenvalue weighted by molar-refractivity contribution is 5.77. The van der Waals surface area contributed by atoms with E-state index in [-0.39, 0.29) is 6.10 Å². The molecule has 0 saturated carbocycles. The fourth-order valence-corrected chi connectivity index (χ4v) is 1.95. The van der Waals surface area contributed by atoms with Crippen LogP contribution >= 0.6 is 0 Å². The van der Waals surface area contributed by atoms with Gasteiger partial charge in [-0.3, -0.25) is 0 Å². The number of imidazole rings is 1. The summed E-state index contributed by atoms with van der Waals surface area (Å²) in [5, 5.41) is 8.90. The highest BCUT2D eigenvalue weighted by Crippen LogP contribution is 2.18. The molecule has 18 heavy (non-hydrogen) atoms. The second-order valence-corrected chi connectivity index (χ2v) is 4.45. The van der Waals surface area contributed by atoms with E-state index in [0.29, 0.717) is 12.2 Å². The lowest BCUT2D eigenvalue weighted by Gasteiger charge is -2.09. The summed E-state index contributed by atoms with van der Waals surface area (Å²) in [4.78, 5) is 4.55. The number of aromatic nitrogens is 2. The molecule has 1 aromatic heterocycles. The molecule has 0 radical (unpaired) electrons. The summed E-state index contributed by atoms with van der Waals surface area (Å²) in [6.45, 7) is 7.44. The third-order valence-corrected chi connectivity index (χ3v) is 2.82. The molecule has 2 rings (SSSR count). The van der Waals surface area contributed by atoms with E-state index in [1.165, 1.54) is 0 Å². The van der Waals surface area contributed by atoms with Crippen LogP contribution in [0.1, 0.15) is 32.2 Å². The van der Waals surface area contributed by atoms with Crippen LogP contribution in [0.25, 0.3) is 11.0 Å². The molecule has 2 aromatic rings. The average Bonchev–Trinajstić information content (AvgIpc) is 2.72. The first-order valence-electron chi connectivity index (χ1n) is 6.16. The predicted octanol–water partition coefficient (Wildman–Crippen LogP) is 2.85. The topological polar surface area (TPSA) is 50.8 Å². The number of nitrogens with zero attached hydrogens (tertiary/aromatic N) is 3. The Bertz CT molecular complexity index is 593. The number of aryl methyl sites for hydroxylation is 1. The van der Waals surface area contributed by atoms with Crippen LogP contribution in [0, 0.1) is 11.3 Å². The first-order chi connectivity index (χ1) is 8.65. The Morgan fingerprint density at radius 2 is 2.22 bits per heavy atom. The molecule has 94 valence electrons. The molecule has 0 fully saturated rings. The second-order valence-electron chi connectivity index (χ2n) is 4.45. The van der Waals surface area contributed by atoms with E-state index in [4.69, 9.17) is 10.00 Å². The van der Waals surface area contributed by atoms with Crippen molar-refractivity contribution in [1.29, 1.82) is 5.26 Å². The Hall–Kier alpha value is -1.86. The van der Waals surface area contributed by atoms with Crippen LogP contribution in [0.3, 0.4) is 0 Å². The highest BCUT2D eigenvalue weighted by Gasteiger charge is 2.10. The lowest BCUT2D eigenvalue weighted by Crippen LogP contribution is -2.08. The van der Waals surface area contributed by atoms with Crippen molar-refractivity contribution in [3.05, 3.63) is 29.6 Å².